The van der Waals surface area contributed by atoms with E-state index in [1.807, 2.05) is 48.5 Å². The Morgan fingerprint density at radius 3 is 2.63 bits per heavy atom. The normalized spacial score (nSPS) is 13.1. The first-order chi connectivity index (χ1) is 18.5. The van der Waals surface area contributed by atoms with Crippen LogP contribution in [0.3, 0.4) is 0 Å². The van der Waals surface area contributed by atoms with E-state index in [-0.39, 0.29) is 5.95 Å². The molecule has 1 aliphatic heterocycles. The van der Waals surface area contributed by atoms with Crippen molar-refractivity contribution in [2.24, 2.45) is 0 Å². The minimum Gasteiger partial charge on any atom is -0.493 e. The molecule has 5 aromatic rings. The number of aromatic nitrogens is 3. The molecule has 1 aliphatic rings. The van der Waals surface area contributed by atoms with Gasteiger partial charge in [0, 0.05) is 35.4 Å². The lowest BCUT2D eigenvalue weighted by Gasteiger charge is -2.24. The number of carboxylic acid groups (broad SMARTS) is 1. The third-order valence-corrected chi connectivity index (χ3v) is 6.65. The molecular weight excluding hydrogens is 486 g/mol. The Morgan fingerprint density at radius 2 is 1.82 bits per heavy atom. The fraction of sp³-hybridized carbons (Fsp3) is 0.179. The van der Waals surface area contributed by atoms with Gasteiger partial charge in [0.2, 0.25) is 5.95 Å². The standard InChI is InChI=1S/C28H25N5O5/c1-36-25-13-19-21(14-26(25)37-2)29-8-7-23(19)33-9-10-38-24-6-4-16(11-18(24)15-33)17-3-5-20-22(12-17)31-27(30-20)32-28(34)35/h3-8,11-14H,9-10,15H2,1-2H3,(H,34,35)(H2,30,31,32). The van der Waals surface area contributed by atoms with E-state index in [4.69, 9.17) is 19.3 Å². The van der Waals surface area contributed by atoms with Crippen molar-refractivity contribution in [2.75, 3.05) is 37.6 Å². The number of pyridine rings is 1. The zero-order valence-electron chi connectivity index (χ0n) is 20.8. The number of hydrogen-bond acceptors (Lipinski definition) is 7. The van der Waals surface area contributed by atoms with Gasteiger partial charge in [0.15, 0.2) is 11.5 Å². The van der Waals surface area contributed by atoms with Crippen LogP contribution >= 0.6 is 0 Å². The highest BCUT2D eigenvalue weighted by Crippen LogP contribution is 2.38. The van der Waals surface area contributed by atoms with Crippen LogP contribution in [-0.2, 0) is 6.54 Å². The first-order valence-electron chi connectivity index (χ1n) is 12.0. The molecule has 0 spiro atoms. The van der Waals surface area contributed by atoms with Crippen LogP contribution in [0.5, 0.6) is 17.2 Å². The van der Waals surface area contributed by atoms with Crippen LogP contribution in [0.25, 0.3) is 33.1 Å². The third-order valence-electron chi connectivity index (χ3n) is 6.65. The molecule has 10 heteroatoms. The summed E-state index contributed by atoms with van der Waals surface area (Å²) in [4.78, 5) is 25.1. The Hall–Kier alpha value is -4.99. The van der Waals surface area contributed by atoms with E-state index in [1.54, 1.807) is 20.4 Å². The first-order valence-corrected chi connectivity index (χ1v) is 12.0. The summed E-state index contributed by atoms with van der Waals surface area (Å²) in [5.41, 5.74) is 6.34. The Balaban J connectivity index is 1.35. The molecule has 192 valence electrons. The number of hydrogen-bond donors (Lipinski definition) is 3. The molecule has 3 aromatic carbocycles. The molecule has 0 radical (unpaired) electrons. The van der Waals surface area contributed by atoms with Crippen molar-refractivity contribution < 1.29 is 24.1 Å². The Morgan fingerprint density at radius 1 is 1.03 bits per heavy atom. The predicted octanol–water partition coefficient (Wildman–Crippen LogP) is 5.28. The second-order valence-corrected chi connectivity index (χ2v) is 8.89. The van der Waals surface area contributed by atoms with Crippen LogP contribution in [-0.4, -0.2) is 53.5 Å². The lowest BCUT2D eigenvalue weighted by Crippen LogP contribution is -2.25. The van der Waals surface area contributed by atoms with Crippen LogP contribution in [0, 0.1) is 0 Å². The van der Waals surface area contributed by atoms with E-state index in [2.05, 4.69) is 31.2 Å². The summed E-state index contributed by atoms with van der Waals surface area (Å²) in [6, 6.07) is 17.8. The SMILES string of the molecule is COc1cc2nccc(N3CCOc4ccc(-c5ccc6nc(NC(=O)O)[nH]c6c5)cc4C3)c2cc1OC. The molecule has 0 bridgehead atoms. The van der Waals surface area contributed by atoms with E-state index in [9.17, 15) is 4.79 Å². The number of nitrogens with one attached hydrogen (secondary N) is 2. The summed E-state index contributed by atoms with van der Waals surface area (Å²) in [6.07, 6.45) is 0.638. The maximum atomic E-state index is 11.0. The summed E-state index contributed by atoms with van der Waals surface area (Å²) in [6.45, 7) is 1.90. The molecule has 38 heavy (non-hydrogen) atoms. The number of amides is 1. The van der Waals surface area contributed by atoms with Gasteiger partial charge in [-0.2, -0.15) is 0 Å². The molecule has 1 amide bonds. The number of nitrogens with zero attached hydrogens (tertiary/aromatic N) is 3. The van der Waals surface area contributed by atoms with Crippen LogP contribution in [0.4, 0.5) is 16.4 Å². The van der Waals surface area contributed by atoms with Crippen molar-refractivity contribution in [3.8, 4) is 28.4 Å². The minimum absolute atomic E-state index is 0.189. The number of H-pyrrole nitrogens is 1. The summed E-state index contributed by atoms with van der Waals surface area (Å²) in [5, 5.41) is 12.2. The molecular formula is C28H25N5O5. The highest BCUT2D eigenvalue weighted by atomic mass is 16.5. The average molecular weight is 512 g/mol. The van der Waals surface area contributed by atoms with Crippen molar-refractivity contribution >= 4 is 39.7 Å². The largest absolute Gasteiger partial charge is 0.493 e. The molecule has 3 heterocycles. The molecule has 0 saturated heterocycles. The molecule has 0 atom stereocenters. The van der Waals surface area contributed by atoms with Gasteiger partial charge >= 0.3 is 6.09 Å². The Bertz CT molecular complexity index is 1680. The molecule has 3 N–H and O–H groups in total. The van der Waals surface area contributed by atoms with Gasteiger partial charge in [-0.3, -0.25) is 10.3 Å². The maximum absolute atomic E-state index is 11.0. The molecule has 10 nitrogen and oxygen atoms in total. The van der Waals surface area contributed by atoms with E-state index in [0.717, 1.165) is 44.5 Å². The van der Waals surface area contributed by atoms with Gasteiger partial charge in [0.1, 0.15) is 12.4 Å². The molecule has 0 fully saturated rings. The van der Waals surface area contributed by atoms with E-state index < -0.39 is 6.09 Å². The van der Waals surface area contributed by atoms with Gasteiger partial charge in [0.25, 0.3) is 0 Å². The number of aromatic amines is 1. The molecule has 0 unspecified atom stereocenters. The summed E-state index contributed by atoms with van der Waals surface area (Å²) in [7, 11) is 3.24. The number of methoxy groups -OCH3 is 2. The van der Waals surface area contributed by atoms with Gasteiger partial charge < -0.3 is 29.2 Å². The summed E-state index contributed by atoms with van der Waals surface area (Å²) in [5.74, 6) is 2.33. The molecule has 2 aromatic heterocycles. The lowest BCUT2D eigenvalue weighted by atomic mass is 10.0. The second-order valence-electron chi connectivity index (χ2n) is 8.89. The number of fused-ring (bicyclic) bond motifs is 3. The number of ether oxygens (including phenoxy) is 3. The van der Waals surface area contributed by atoms with Crippen molar-refractivity contribution in [1.29, 1.82) is 0 Å². The highest BCUT2D eigenvalue weighted by molar-refractivity contribution is 5.94. The lowest BCUT2D eigenvalue weighted by molar-refractivity contribution is 0.209. The van der Waals surface area contributed by atoms with Crippen molar-refractivity contribution in [1.82, 2.24) is 15.0 Å². The quantitative estimate of drug-likeness (QED) is 0.291. The Labute approximate surface area is 217 Å². The van der Waals surface area contributed by atoms with E-state index in [0.29, 0.717) is 36.7 Å². The van der Waals surface area contributed by atoms with Gasteiger partial charge in [-0.25, -0.2) is 9.78 Å². The fourth-order valence-electron chi connectivity index (χ4n) is 4.86. The van der Waals surface area contributed by atoms with Crippen molar-refractivity contribution in [3.63, 3.8) is 0 Å². The molecule has 0 saturated carbocycles. The van der Waals surface area contributed by atoms with E-state index >= 15 is 0 Å². The molecule has 0 aliphatic carbocycles. The topological polar surface area (TPSA) is 122 Å². The Kier molecular flexibility index (Phi) is 5.83. The highest BCUT2D eigenvalue weighted by Gasteiger charge is 2.20. The number of rotatable bonds is 5. The first kappa shape index (κ1) is 23.4. The van der Waals surface area contributed by atoms with Crippen molar-refractivity contribution in [3.05, 3.63) is 66.4 Å². The monoisotopic (exact) mass is 511 g/mol. The minimum atomic E-state index is -1.17. The van der Waals surface area contributed by atoms with Gasteiger partial charge in [-0.15, -0.1) is 0 Å². The summed E-state index contributed by atoms with van der Waals surface area (Å²) >= 11 is 0. The van der Waals surface area contributed by atoms with Gasteiger partial charge in [-0.1, -0.05) is 12.1 Å². The smallest absolute Gasteiger partial charge is 0.411 e. The summed E-state index contributed by atoms with van der Waals surface area (Å²) < 4.78 is 17.1. The number of imidazole rings is 1. The predicted molar refractivity (Wildman–Crippen MR) is 145 cm³/mol. The molecule has 6 rings (SSSR count). The average Bonchev–Trinajstić information content (AvgIpc) is 3.19. The van der Waals surface area contributed by atoms with Gasteiger partial charge in [0.05, 0.1) is 37.3 Å². The zero-order valence-corrected chi connectivity index (χ0v) is 20.8. The number of carbonyl (C=O) groups is 1. The van der Waals surface area contributed by atoms with Crippen LogP contribution in [0.15, 0.2) is 60.8 Å². The van der Waals surface area contributed by atoms with E-state index in [1.165, 1.54) is 0 Å². The number of anilines is 2. The maximum Gasteiger partial charge on any atom is 0.411 e. The third kappa shape index (κ3) is 4.26. The van der Waals surface area contributed by atoms with Crippen LogP contribution < -0.4 is 24.4 Å². The second kappa shape index (κ2) is 9.47. The van der Waals surface area contributed by atoms with Crippen LogP contribution in [0.2, 0.25) is 0 Å². The van der Waals surface area contributed by atoms with Crippen LogP contribution in [0.1, 0.15) is 5.56 Å². The number of benzene rings is 3. The fourth-order valence-corrected chi connectivity index (χ4v) is 4.86. The zero-order chi connectivity index (χ0) is 26.2. The van der Waals surface area contributed by atoms with Crippen molar-refractivity contribution in [2.45, 2.75) is 6.54 Å². The van der Waals surface area contributed by atoms with Gasteiger partial charge in [-0.05, 0) is 47.5 Å².